The number of carbonyl (C=O) groups is 1. The molecule has 0 saturated carbocycles. The van der Waals surface area contributed by atoms with Crippen LogP contribution in [0.25, 0.3) is 0 Å². The van der Waals surface area contributed by atoms with Crippen molar-refractivity contribution in [2.45, 2.75) is 26.7 Å². The number of rotatable bonds is 6. The number of pyridine rings is 1. The van der Waals surface area contributed by atoms with Gasteiger partial charge >= 0.3 is 0 Å². The molecule has 25 heavy (non-hydrogen) atoms. The lowest BCUT2D eigenvalue weighted by Gasteiger charge is -2.23. The highest BCUT2D eigenvalue weighted by Gasteiger charge is 2.18. The first-order valence-electron chi connectivity index (χ1n) is 8.73. The van der Waals surface area contributed by atoms with E-state index in [9.17, 15) is 4.79 Å². The molecule has 1 aliphatic heterocycles. The Hall–Kier alpha value is -2.56. The second kappa shape index (κ2) is 8.01. The van der Waals surface area contributed by atoms with Gasteiger partial charge in [0.1, 0.15) is 13.2 Å². The zero-order chi connectivity index (χ0) is 17.6. The molecule has 0 fully saturated rings. The fourth-order valence-electron chi connectivity index (χ4n) is 2.97. The Morgan fingerprint density at radius 2 is 1.84 bits per heavy atom. The smallest absolute Gasteiger partial charge is 0.227 e. The number of hydrogen-bond donors (Lipinski definition) is 0. The van der Waals surface area contributed by atoms with E-state index in [2.05, 4.69) is 4.98 Å². The normalized spacial score (nSPS) is 12.7. The summed E-state index contributed by atoms with van der Waals surface area (Å²) >= 11 is 0. The molecular weight excluding hydrogens is 316 g/mol. The van der Waals surface area contributed by atoms with Gasteiger partial charge in [-0.2, -0.15) is 0 Å². The number of fused-ring (bicyclic) bond motifs is 1. The first-order chi connectivity index (χ1) is 12.2. The maximum Gasteiger partial charge on any atom is 0.227 e. The second-order valence-corrected chi connectivity index (χ2v) is 6.18. The highest BCUT2D eigenvalue weighted by Crippen LogP contribution is 2.33. The molecule has 0 radical (unpaired) electrons. The summed E-state index contributed by atoms with van der Waals surface area (Å²) in [4.78, 5) is 18.7. The quantitative estimate of drug-likeness (QED) is 0.811. The van der Waals surface area contributed by atoms with Gasteiger partial charge in [-0.05, 0) is 61.2 Å². The highest BCUT2D eigenvalue weighted by atomic mass is 16.6. The first kappa shape index (κ1) is 17.3. The predicted molar refractivity (Wildman–Crippen MR) is 96.1 cm³/mol. The van der Waals surface area contributed by atoms with Crippen LogP contribution in [0.4, 0.5) is 0 Å². The summed E-state index contributed by atoms with van der Waals surface area (Å²) in [6.45, 7) is 6.56. The Labute approximate surface area is 148 Å². The summed E-state index contributed by atoms with van der Waals surface area (Å²) in [6, 6.07) is 7.88. The molecule has 0 atom stereocenters. The predicted octanol–water partition coefficient (Wildman–Crippen LogP) is 2.79. The molecule has 0 saturated heterocycles. The van der Waals surface area contributed by atoms with Gasteiger partial charge in [-0.3, -0.25) is 9.78 Å². The third kappa shape index (κ3) is 4.29. The number of aryl methyl sites for hydroxylation is 1. The van der Waals surface area contributed by atoms with Gasteiger partial charge in [-0.1, -0.05) is 0 Å². The number of nitrogens with zero attached hydrogens (tertiary/aromatic N) is 2. The van der Waals surface area contributed by atoms with Crippen molar-refractivity contribution in [3.05, 3.63) is 53.3 Å². The van der Waals surface area contributed by atoms with Crippen molar-refractivity contribution in [2.24, 2.45) is 0 Å². The monoisotopic (exact) mass is 340 g/mol. The molecule has 0 bridgehead atoms. The second-order valence-electron chi connectivity index (χ2n) is 6.18. The third-order valence-electron chi connectivity index (χ3n) is 4.50. The van der Waals surface area contributed by atoms with Gasteiger partial charge < -0.3 is 14.4 Å². The fraction of sp³-hybridized carbons (Fsp3) is 0.400. The maximum atomic E-state index is 12.7. The number of amides is 1. The number of aromatic nitrogens is 1. The lowest BCUT2D eigenvalue weighted by atomic mass is 10.0. The molecule has 132 valence electrons. The molecule has 1 aliphatic rings. The number of likely N-dealkylation sites (N-methyl/N-ethyl adjacent to an activating group) is 1. The SMILES string of the molecule is CCN(CCc1ccncc1)C(=O)Cc1cc2c(cc1C)OCCO2. The fourth-order valence-corrected chi connectivity index (χ4v) is 2.97. The van der Waals surface area contributed by atoms with Crippen molar-refractivity contribution >= 4 is 5.91 Å². The summed E-state index contributed by atoms with van der Waals surface area (Å²) in [5.74, 6) is 1.64. The van der Waals surface area contributed by atoms with Crippen LogP contribution in [0.2, 0.25) is 0 Å². The van der Waals surface area contributed by atoms with Gasteiger partial charge in [0.05, 0.1) is 6.42 Å². The van der Waals surface area contributed by atoms with Crippen LogP contribution in [-0.4, -0.2) is 42.1 Å². The van der Waals surface area contributed by atoms with Gasteiger partial charge in [0.25, 0.3) is 0 Å². The summed E-state index contributed by atoms with van der Waals surface area (Å²) in [6.07, 6.45) is 4.78. The van der Waals surface area contributed by atoms with Crippen molar-refractivity contribution in [1.29, 1.82) is 0 Å². The van der Waals surface area contributed by atoms with Crippen molar-refractivity contribution < 1.29 is 14.3 Å². The van der Waals surface area contributed by atoms with Gasteiger partial charge in [0.2, 0.25) is 5.91 Å². The average molecular weight is 340 g/mol. The maximum absolute atomic E-state index is 12.7. The summed E-state index contributed by atoms with van der Waals surface area (Å²) in [5, 5.41) is 0. The summed E-state index contributed by atoms with van der Waals surface area (Å²) in [7, 11) is 0. The van der Waals surface area contributed by atoms with Crippen LogP contribution < -0.4 is 9.47 Å². The number of carbonyl (C=O) groups excluding carboxylic acids is 1. The summed E-state index contributed by atoms with van der Waals surface area (Å²) in [5.41, 5.74) is 3.25. The Morgan fingerprint density at radius 1 is 1.16 bits per heavy atom. The molecule has 3 rings (SSSR count). The molecule has 5 heteroatoms. The van der Waals surface area contributed by atoms with E-state index in [1.165, 1.54) is 5.56 Å². The largest absolute Gasteiger partial charge is 0.486 e. The van der Waals surface area contributed by atoms with E-state index in [-0.39, 0.29) is 5.91 Å². The number of ether oxygens (including phenoxy) is 2. The van der Waals surface area contributed by atoms with E-state index in [0.29, 0.717) is 32.7 Å². The van der Waals surface area contributed by atoms with E-state index in [1.54, 1.807) is 12.4 Å². The molecule has 0 N–H and O–H groups in total. The zero-order valence-corrected chi connectivity index (χ0v) is 14.8. The van der Waals surface area contributed by atoms with Crippen molar-refractivity contribution in [3.8, 4) is 11.5 Å². The van der Waals surface area contributed by atoms with Crippen LogP contribution in [0.15, 0.2) is 36.7 Å². The van der Waals surface area contributed by atoms with E-state index < -0.39 is 0 Å². The minimum atomic E-state index is 0.135. The molecule has 2 heterocycles. The molecule has 5 nitrogen and oxygen atoms in total. The lowest BCUT2D eigenvalue weighted by Crippen LogP contribution is -2.34. The molecule has 1 amide bonds. The van der Waals surface area contributed by atoms with Crippen LogP contribution in [0.1, 0.15) is 23.6 Å². The molecule has 0 unspecified atom stereocenters. The average Bonchev–Trinajstić information content (AvgIpc) is 2.63. The third-order valence-corrected chi connectivity index (χ3v) is 4.50. The van der Waals surface area contributed by atoms with Crippen LogP contribution in [-0.2, 0) is 17.6 Å². The van der Waals surface area contributed by atoms with E-state index in [0.717, 1.165) is 29.0 Å². The Morgan fingerprint density at radius 3 is 2.52 bits per heavy atom. The Kier molecular flexibility index (Phi) is 5.53. The minimum absolute atomic E-state index is 0.135. The zero-order valence-electron chi connectivity index (χ0n) is 14.8. The van der Waals surface area contributed by atoms with Gasteiger partial charge in [-0.15, -0.1) is 0 Å². The van der Waals surface area contributed by atoms with Crippen LogP contribution in [0.5, 0.6) is 11.5 Å². The van der Waals surface area contributed by atoms with Crippen LogP contribution >= 0.6 is 0 Å². The molecule has 0 aliphatic carbocycles. The first-order valence-corrected chi connectivity index (χ1v) is 8.73. The van der Waals surface area contributed by atoms with E-state index in [1.807, 2.05) is 43.0 Å². The number of hydrogen-bond acceptors (Lipinski definition) is 4. The molecule has 2 aromatic rings. The highest BCUT2D eigenvalue weighted by molar-refractivity contribution is 5.79. The molecule has 0 spiro atoms. The molecule has 1 aromatic carbocycles. The van der Waals surface area contributed by atoms with Crippen molar-refractivity contribution in [1.82, 2.24) is 9.88 Å². The van der Waals surface area contributed by atoms with E-state index in [4.69, 9.17) is 9.47 Å². The summed E-state index contributed by atoms with van der Waals surface area (Å²) < 4.78 is 11.2. The van der Waals surface area contributed by atoms with Crippen LogP contribution in [0, 0.1) is 6.92 Å². The van der Waals surface area contributed by atoms with Gasteiger partial charge in [-0.25, -0.2) is 0 Å². The molecular formula is C20H24N2O3. The minimum Gasteiger partial charge on any atom is -0.486 e. The Bertz CT molecular complexity index is 731. The van der Waals surface area contributed by atoms with Crippen molar-refractivity contribution in [3.63, 3.8) is 0 Å². The standard InChI is InChI=1S/C20H24N2O3/c1-3-22(9-6-16-4-7-21-8-5-16)20(23)14-17-13-19-18(12-15(17)2)24-10-11-25-19/h4-5,7-8,12-13H,3,6,9-11,14H2,1-2H3. The number of benzene rings is 1. The van der Waals surface area contributed by atoms with Gasteiger partial charge in [0, 0.05) is 25.5 Å². The van der Waals surface area contributed by atoms with Crippen LogP contribution in [0.3, 0.4) is 0 Å². The van der Waals surface area contributed by atoms with Gasteiger partial charge in [0.15, 0.2) is 11.5 Å². The Balaban J connectivity index is 1.65. The van der Waals surface area contributed by atoms with E-state index >= 15 is 0 Å². The topological polar surface area (TPSA) is 51.7 Å². The molecule has 1 aromatic heterocycles. The van der Waals surface area contributed by atoms with Crippen molar-refractivity contribution in [2.75, 3.05) is 26.3 Å². The lowest BCUT2D eigenvalue weighted by molar-refractivity contribution is -0.130.